The molecule has 0 fully saturated rings. The Morgan fingerprint density at radius 1 is 0.471 bits per heavy atom. The van der Waals surface area contributed by atoms with Crippen LogP contribution in [0.5, 0.6) is 23.0 Å². The number of alkyl halides is 9. The normalized spacial score (nSPS) is 12.5. The van der Waals surface area contributed by atoms with Gasteiger partial charge in [0.05, 0.1) is 16.7 Å². The molecule has 0 heterocycles. The van der Waals surface area contributed by atoms with Crippen LogP contribution in [-0.2, 0) is 18.5 Å². The number of hydrogen-bond acceptors (Lipinski definition) is 4. The Morgan fingerprint density at radius 2 is 0.882 bits per heavy atom. The van der Waals surface area contributed by atoms with Crippen molar-refractivity contribution >= 4 is 11.4 Å². The Bertz CT molecular complexity index is 1200. The Balaban J connectivity index is 2.07. The predicted octanol–water partition coefficient (Wildman–Crippen LogP) is 7.49. The van der Waals surface area contributed by atoms with Crippen LogP contribution >= 0.6 is 0 Å². The molecule has 34 heavy (non-hydrogen) atoms. The van der Waals surface area contributed by atoms with Crippen LogP contribution in [0.25, 0.3) is 0 Å². The van der Waals surface area contributed by atoms with Crippen LogP contribution in [0.4, 0.5) is 50.9 Å². The van der Waals surface area contributed by atoms with Crippen molar-refractivity contribution in [3.8, 4) is 23.0 Å². The fraction of sp³-hybridized carbons (Fsp3) is 0.143. The Kier molecular flexibility index (Phi) is 6.24. The van der Waals surface area contributed by atoms with E-state index in [1.54, 1.807) is 0 Å². The van der Waals surface area contributed by atoms with Gasteiger partial charge >= 0.3 is 18.5 Å². The SMILES string of the molecule is Nc1cc(Oc2ccc(C(F)(F)F)cc2Oc2cc(N)cc(C(F)(F)F)c2)cc(C(F)(F)F)c1. The van der Waals surface area contributed by atoms with Crippen molar-refractivity contribution in [2.75, 3.05) is 11.5 Å². The maximum absolute atomic E-state index is 13.2. The minimum Gasteiger partial charge on any atom is -0.453 e. The summed E-state index contributed by atoms with van der Waals surface area (Å²) in [6.45, 7) is 0. The standard InChI is InChI=1S/C21H13F9N2O2/c22-19(23,24)10-1-2-17(33-15-5-11(20(25,26)27)3-13(31)8-15)18(7-10)34-16-6-12(21(28,29)30)4-14(32)9-16/h1-9H,31-32H2. The van der Waals surface area contributed by atoms with E-state index in [4.69, 9.17) is 20.9 Å². The number of hydrogen-bond donors (Lipinski definition) is 2. The summed E-state index contributed by atoms with van der Waals surface area (Å²) < 4.78 is 128. The fourth-order valence-corrected chi connectivity index (χ4v) is 2.79. The van der Waals surface area contributed by atoms with Crippen LogP contribution in [-0.4, -0.2) is 0 Å². The maximum Gasteiger partial charge on any atom is 0.416 e. The molecule has 0 amide bonds. The molecule has 0 aliphatic rings. The number of ether oxygens (including phenoxy) is 2. The van der Waals surface area contributed by atoms with E-state index in [-0.39, 0.29) is 5.69 Å². The zero-order valence-electron chi connectivity index (χ0n) is 16.6. The summed E-state index contributed by atoms with van der Waals surface area (Å²) in [5.74, 6) is -2.34. The van der Waals surface area contributed by atoms with E-state index >= 15 is 0 Å². The highest BCUT2D eigenvalue weighted by molar-refractivity contribution is 5.54. The van der Waals surface area contributed by atoms with Crippen molar-refractivity contribution < 1.29 is 49.0 Å². The first-order chi connectivity index (χ1) is 15.5. The second-order valence-electron chi connectivity index (χ2n) is 6.94. The molecule has 0 saturated heterocycles. The lowest BCUT2D eigenvalue weighted by Gasteiger charge is -2.17. The highest BCUT2D eigenvalue weighted by Crippen LogP contribution is 2.43. The Morgan fingerprint density at radius 3 is 1.29 bits per heavy atom. The highest BCUT2D eigenvalue weighted by atomic mass is 19.4. The number of nitrogen functional groups attached to an aromatic ring is 2. The first-order valence-corrected chi connectivity index (χ1v) is 9.05. The molecule has 3 aromatic carbocycles. The van der Waals surface area contributed by atoms with Crippen molar-refractivity contribution in [1.82, 2.24) is 0 Å². The summed E-state index contributed by atoms with van der Waals surface area (Å²) in [6, 6.07) is 5.83. The molecule has 3 aromatic rings. The van der Waals surface area contributed by atoms with E-state index in [1.807, 2.05) is 0 Å². The molecule has 0 unspecified atom stereocenters. The van der Waals surface area contributed by atoms with E-state index in [1.165, 1.54) is 0 Å². The first-order valence-electron chi connectivity index (χ1n) is 9.05. The number of nitrogens with two attached hydrogens (primary N) is 2. The molecular weight excluding hydrogens is 483 g/mol. The van der Waals surface area contributed by atoms with Gasteiger partial charge in [0.1, 0.15) is 11.5 Å². The molecule has 0 saturated carbocycles. The van der Waals surface area contributed by atoms with Crippen LogP contribution in [0.15, 0.2) is 54.6 Å². The molecule has 0 aromatic heterocycles. The average Bonchev–Trinajstić information content (AvgIpc) is 2.66. The predicted molar refractivity (Wildman–Crippen MR) is 103 cm³/mol. The monoisotopic (exact) mass is 496 g/mol. The van der Waals surface area contributed by atoms with Crippen LogP contribution in [0, 0.1) is 0 Å². The van der Waals surface area contributed by atoms with E-state index in [0.29, 0.717) is 36.4 Å². The molecular formula is C21H13F9N2O2. The van der Waals surface area contributed by atoms with Gasteiger partial charge in [-0.25, -0.2) is 0 Å². The van der Waals surface area contributed by atoms with E-state index in [2.05, 4.69) is 0 Å². The number of anilines is 2. The lowest BCUT2D eigenvalue weighted by atomic mass is 10.1. The zero-order valence-corrected chi connectivity index (χ0v) is 16.6. The summed E-state index contributed by atoms with van der Waals surface area (Å²) >= 11 is 0. The van der Waals surface area contributed by atoms with Crippen molar-refractivity contribution in [3.63, 3.8) is 0 Å². The van der Waals surface area contributed by atoms with Gasteiger partial charge in [0, 0.05) is 23.5 Å². The van der Waals surface area contributed by atoms with Gasteiger partial charge in [0.2, 0.25) is 0 Å². The molecule has 182 valence electrons. The fourth-order valence-electron chi connectivity index (χ4n) is 2.79. The minimum absolute atomic E-state index is 0.357. The lowest BCUT2D eigenvalue weighted by Crippen LogP contribution is -2.07. The largest absolute Gasteiger partial charge is 0.453 e. The summed E-state index contributed by atoms with van der Waals surface area (Å²) in [6.07, 6.45) is -14.5. The van der Waals surface area contributed by atoms with Gasteiger partial charge in [-0.15, -0.1) is 0 Å². The van der Waals surface area contributed by atoms with Crippen LogP contribution in [0.1, 0.15) is 16.7 Å². The minimum atomic E-state index is -4.87. The molecule has 0 aliphatic carbocycles. The molecule has 0 bridgehead atoms. The molecule has 3 rings (SSSR count). The molecule has 4 N–H and O–H groups in total. The topological polar surface area (TPSA) is 70.5 Å². The van der Waals surface area contributed by atoms with Crippen molar-refractivity contribution in [2.45, 2.75) is 18.5 Å². The quantitative estimate of drug-likeness (QED) is 0.290. The third-order valence-electron chi connectivity index (χ3n) is 4.24. The smallest absolute Gasteiger partial charge is 0.416 e. The van der Waals surface area contributed by atoms with Crippen LogP contribution in [0.2, 0.25) is 0 Å². The molecule has 0 spiro atoms. The highest BCUT2D eigenvalue weighted by Gasteiger charge is 2.34. The summed E-state index contributed by atoms with van der Waals surface area (Å²) in [7, 11) is 0. The second kappa shape index (κ2) is 8.54. The van der Waals surface area contributed by atoms with E-state index < -0.39 is 63.9 Å². The molecule has 0 radical (unpaired) electrons. The van der Waals surface area contributed by atoms with Crippen molar-refractivity contribution in [1.29, 1.82) is 0 Å². The van der Waals surface area contributed by atoms with Gasteiger partial charge in [-0.05, 0) is 42.5 Å². The van der Waals surface area contributed by atoms with Gasteiger partial charge in [0.15, 0.2) is 11.5 Å². The molecule has 0 atom stereocenters. The number of halogens is 9. The van der Waals surface area contributed by atoms with Gasteiger partial charge in [-0.3, -0.25) is 0 Å². The van der Waals surface area contributed by atoms with Gasteiger partial charge in [0.25, 0.3) is 0 Å². The number of benzene rings is 3. The summed E-state index contributed by atoms with van der Waals surface area (Å²) in [5.41, 5.74) is 6.45. The van der Waals surface area contributed by atoms with Gasteiger partial charge in [-0.1, -0.05) is 0 Å². The second-order valence-corrected chi connectivity index (χ2v) is 6.94. The van der Waals surface area contributed by atoms with Crippen LogP contribution in [0.3, 0.4) is 0 Å². The third-order valence-corrected chi connectivity index (χ3v) is 4.24. The van der Waals surface area contributed by atoms with E-state index in [0.717, 1.165) is 18.2 Å². The van der Waals surface area contributed by atoms with Crippen LogP contribution < -0.4 is 20.9 Å². The zero-order chi connectivity index (χ0) is 25.5. The molecule has 0 aliphatic heterocycles. The van der Waals surface area contributed by atoms with Gasteiger partial charge < -0.3 is 20.9 Å². The van der Waals surface area contributed by atoms with E-state index in [9.17, 15) is 39.5 Å². The molecule has 13 heteroatoms. The maximum atomic E-state index is 13.2. The molecule has 4 nitrogen and oxygen atoms in total. The lowest BCUT2D eigenvalue weighted by molar-refractivity contribution is -0.138. The average molecular weight is 496 g/mol. The van der Waals surface area contributed by atoms with Crippen molar-refractivity contribution in [3.05, 3.63) is 71.3 Å². The third kappa shape index (κ3) is 5.97. The Hall–Kier alpha value is -3.77. The van der Waals surface area contributed by atoms with Crippen molar-refractivity contribution in [2.24, 2.45) is 0 Å². The Labute approximate surface area is 185 Å². The summed E-state index contributed by atoms with van der Waals surface area (Å²) in [5, 5.41) is 0. The summed E-state index contributed by atoms with van der Waals surface area (Å²) in [4.78, 5) is 0. The van der Waals surface area contributed by atoms with Gasteiger partial charge in [-0.2, -0.15) is 39.5 Å². The first kappa shape index (κ1) is 24.9. The number of rotatable bonds is 4.